The van der Waals surface area contributed by atoms with Crippen LogP contribution in [-0.4, -0.2) is 58.9 Å². The third-order valence-electron chi connectivity index (χ3n) is 5.99. The lowest BCUT2D eigenvalue weighted by molar-refractivity contribution is -0.138. The van der Waals surface area contributed by atoms with E-state index in [2.05, 4.69) is 18.8 Å². The van der Waals surface area contributed by atoms with Gasteiger partial charge in [0.05, 0.1) is 31.4 Å². The quantitative estimate of drug-likeness (QED) is 0.486. The Morgan fingerprint density at radius 3 is 2.74 bits per heavy atom. The predicted octanol–water partition coefficient (Wildman–Crippen LogP) is 2.95. The van der Waals surface area contributed by atoms with Crippen LogP contribution in [0.4, 0.5) is 0 Å². The number of amides is 2. The van der Waals surface area contributed by atoms with Gasteiger partial charge in [0.1, 0.15) is 5.58 Å². The summed E-state index contributed by atoms with van der Waals surface area (Å²) in [6.45, 7) is 7.57. The van der Waals surface area contributed by atoms with Gasteiger partial charge in [-0.3, -0.25) is 14.6 Å². The Kier molecular flexibility index (Phi) is 7.60. The Bertz CT molecular complexity index is 1250. The molecule has 1 fully saturated rings. The van der Waals surface area contributed by atoms with Gasteiger partial charge in [0.25, 0.3) is 0 Å². The Balaban J connectivity index is 1.55. The zero-order chi connectivity index (χ0) is 24.9. The maximum Gasteiger partial charge on any atom is 0.336 e. The Hall–Kier alpha value is -3.52. The standard InChI is InChI=1S/C27H31N3O5/c1-18(2)13-29-14-22(34-17-21-6-4-5-9-28-21)15-30(16-26(29)32)25(31)11-20-12-27(33)35-24-10-19(3)7-8-23(20)24/h4-10,12,18,22H,11,13-17H2,1-3H3/t22-/m0/s1. The lowest BCUT2D eigenvalue weighted by Gasteiger charge is -2.26. The van der Waals surface area contributed by atoms with Gasteiger partial charge in [-0.25, -0.2) is 4.79 Å². The number of carbonyl (C=O) groups excluding carboxylic acids is 2. The van der Waals surface area contributed by atoms with Crippen molar-refractivity contribution < 1.29 is 18.7 Å². The number of fused-ring (bicyclic) bond motifs is 1. The molecule has 3 heterocycles. The minimum Gasteiger partial charge on any atom is -0.423 e. The van der Waals surface area contributed by atoms with E-state index in [4.69, 9.17) is 9.15 Å². The highest BCUT2D eigenvalue weighted by Crippen LogP contribution is 2.20. The summed E-state index contributed by atoms with van der Waals surface area (Å²) in [5.74, 6) is -0.0521. The van der Waals surface area contributed by atoms with E-state index in [1.807, 2.05) is 37.3 Å². The van der Waals surface area contributed by atoms with Gasteiger partial charge in [0.2, 0.25) is 11.8 Å². The molecule has 35 heavy (non-hydrogen) atoms. The zero-order valence-corrected chi connectivity index (χ0v) is 20.4. The summed E-state index contributed by atoms with van der Waals surface area (Å²) in [4.78, 5) is 46.2. The summed E-state index contributed by atoms with van der Waals surface area (Å²) in [6.07, 6.45) is 1.35. The van der Waals surface area contributed by atoms with Crippen molar-refractivity contribution in [2.45, 2.75) is 39.9 Å². The van der Waals surface area contributed by atoms with Gasteiger partial charge in [-0.05, 0) is 42.2 Å². The average molecular weight is 478 g/mol. The van der Waals surface area contributed by atoms with Crippen LogP contribution in [0.3, 0.4) is 0 Å². The van der Waals surface area contributed by atoms with Gasteiger partial charge in [-0.15, -0.1) is 0 Å². The second-order valence-electron chi connectivity index (χ2n) is 9.49. The van der Waals surface area contributed by atoms with Crippen molar-refractivity contribution >= 4 is 22.8 Å². The summed E-state index contributed by atoms with van der Waals surface area (Å²) in [5.41, 5.74) is 2.28. The second-order valence-corrected chi connectivity index (χ2v) is 9.49. The molecule has 0 saturated carbocycles. The highest BCUT2D eigenvalue weighted by molar-refractivity contribution is 5.90. The molecule has 0 unspecified atom stereocenters. The van der Waals surface area contributed by atoms with Crippen molar-refractivity contribution in [2.24, 2.45) is 5.92 Å². The molecule has 1 aliphatic rings. The SMILES string of the molecule is Cc1ccc2c(CC(=O)N3CC(=O)N(CC(C)C)C[C@H](OCc4ccccn4)C3)cc(=O)oc2c1. The van der Waals surface area contributed by atoms with E-state index in [1.54, 1.807) is 22.1 Å². The average Bonchev–Trinajstić information content (AvgIpc) is 2.96. The van der Waals surface area contributed by atoms with Crippen LogP contribution in [0.1, 0.15) is 30.7 Å². The van der Waals surface area contributed by atoms with Crippen LogP contribution < -0.4 is 5.63 Å². The number of carbonyl (C=O) groups is 2. The minimum absolute atomic E-state index is 0.00438. The van der Waals surface area contributed by atoms with Gasteiger partial charge in [-0.2, -0.15) is 0 Å². The molecule has 0 N–H and O–H groups in total. The van der Waals surface area contributed by atoms with Crippen LogP contribution in [0.25, 0.3) is 11.0 Å². The summed E-state index contributed by atoms with van der Waals surface area (Å²) in [5, 5.41) is 0.717. The molecule has 2 amide bonds. The molecular weight excluding hydrogens is 446 g/mol. The third-order valence-corrected chi connectivity index (χ3v) is 5.99. The maximum atomic E-state index is 13.4. The first kappa shape index (κ1) is 24.6. The fourth-order valence-electron chi connectivity index (χ4n) is 4.34. The molecule has 1 aliphatic heterocycles. The number of hydrogen-bond donors (Lipinski definition) is 0. The molecule has 0 spiro atoms. The van der Waals surface area contributed by atoms with Crippen LogP contribution >= 0.6 is 0 Å². The normalized spacial score (nSPS) is 16.7. The van der Waals surface area contributed by atoms with E-state index in [1.165, 1.54) is 6.07 Å². The van der Waals surface area contributed by atoms with Gasteiger partial charge in [0.15, 0.2) is 0 Å². The Labute approximate surface area is 204 Å². The van der Waals surface area contributed by atoms with Crippen molar-refractivity contribution in [3.63, 3.8) is 0 Å². The first-order valence-electron chi connectivity index (χ1n) is 11.9. The number of pyridine rings is 1. The van der Waals surface area contributed by atoms with E-state index in [0.29, 0.717) is 36.2 Å². The predicted molar refractivity (Wildman–Crippen MR) is 132 cm³/mol. The van der Waals surface area contributed by atoms with Crippen molar-refractivity contribution in [3.8, 4) is 0 Å². The number of ether oxygens (including phenoxy) is 1. The molecule has 1 saturated heterocycles. The summed E-state index contributed by atoms with van der Waals surface area (Å²) in [7, 11) is 0. The molecule has 0 bridgehead atoms. The van der Waals surface area contributed by atoms with Crippen molar-refractivity contribution in [1.29, 1.82) is 0 Å². The zero-order valence-electron chi connectivity index (χ0n) is 20.4. The molecule has 184 valence electrons. The lowest BCUT2D eigenvalue weighted by atomic mass is 10.0. The van der Waals surface area contributed by atoms with Gasteiger partial charge >= 0.3 is 5.63 Å². The van der Waals surface area contributed by atoms with Crippen molar-refractivity contribution in [3.05, 3.63) is 75.9 Å². The number of benzene rings is 1. The number of aromatic nitrogens is 1. The first-order chi connectivity index (χ1) is 16.8. The van der Waals surface area contributed by atoms with Gasteiger partial charge in [-0.1, -0.05) is 32.0 Å². The highest BCUT2D eigenvalue weighted by Gasteiger charge is 2.31. The molecule has 0 aliphatic carbocycles. The Morgan fingerprint density at radius 2 is 2.00 bits per heavy atom. The molecule has 1 atom stereocenters. The van der Waals surface area contributed by atoms with E-state index in [-0.39, 0.29) is 43.3 Å². The molecule has 8 nitrogen and oxygen atoms in total. The van der Waals surface area contributed by atoms with E-state index in [0.717, 1.165) is 11.3 Å². The van der Waals surface area contributed by atoms with Crippen molar-refractivity contribution in [2.75, 3.05) is 26.2 Å². The van der Waals surface area contributed by atoms with Crippen molar-refractivity contribution in [1.82, 2.24) is 14.8 Å². The molecule has 1 aromatic carbocycles. The van der Waals surface area contributed by atoms with E-state index >= 15 is 0 Å². The topological polar surface area (TPSA) is 93.0 Å². The van der Waals surface area contributed by atoms with Crippen LogP contribution in [-0.2, 0) is 27.4 Å². The largest absolute Gasteiger partial charge is 0.423 e. The maximum absolute atomic E-state index is 13.4. The highest BCUT2D eigenvalue weighted by atomic mass is 16.5. The van der Waals surface area contributed by atoms with Gasteiger partial charge in [0, 0.05) is 37.3 Å². The molecule has 3 aromatic rings. The monoisotopic (exact) mass is 477 g/mol. The van der Waals surface area contributed by atoms with E-state index < -0.39 is 5.63 Å². The molecular formula is C27H31N3O5. The third kappa shape index (κ3) is 6.33. The van der Waals surface area contributed by atoms with Gasteiger partial charge < -0.3 is 19.0 Å². The fraction of sp³-hybridized carbons (Fsp3) is 0.407. The Morgan fingerprint density at radius 1 is 1.17 bits per heavy atom. The molecule has 4 rings (SSSR count). The van der Waals surface area contributed by atoms with Crippen LogP contribution in [0, 0.1) is 12.8 Å². The molecule has 0 radical (unpaired) electrons. The fourth-order valence-corrected chi connectivity index (χ4v) is 4.34. The second kappa shape index (κ2) is 10.8. The van der Waals surface area contributed by atoms with Crippen LogP contribution in [0.15, 0.2) is 57.9 Å². The summed E-state index contributed by atoms with van der Waals surface area (Å²) < 4.78 is 11.4. The summed E-state index contributed by atoms with van der Waals surface area (Å²) in [6, 6.07) is 12.5. The van der Waals surface area contributed by atoms with Crippen LogP contribution in [0.2, 0.25) is 0 Å². The number of rotatable bonds is 7. The number of hydrogen-bond acceptors (Lipinski definition) is 6. The van der Waals surface area contributed by atoms with Crippen LogP contribution in [0.5, 0.6) is 0 Å². The molecule has 8 heteroatoms. The smallest absolute Gasteiger partial charge is 0.336 e. The van der Waals surface area contributed by atoms with E-state index in [9.17, 15) is 14.4 Å². The number of nitrogens with zero attached hydrogens (tertiary/aromatic N) is 3. The first-order valence-corrected chi connectivity index (χ1v) is 11.9. The molecule has 2 aromatic heterocycles. The summed E-state index contributed by atoms with van der Waals surface area (Å²) >= 11 is 0. The lowest BCUT2D eigenvalue weighted by Crippen LogP contribution is -2.41. The minimum atomic E-state index is -0.502. The number of aryl methyl sites for hydroxylation is 1.